The molecule has 0 aliphatic carbocycles. The first kappa shape index (κ1) is 21.2. The van der Waals surface area contributed by atoms with Gasteiger partial charge in [0.15, 0.2) is 0 Å². The molecule has 0 amide bonds. The zero-order chi connectivity index (χ0) is 20.5. The monoisotopic (exact) mass is 480 g/mol. The van der Waals surface area contributed by atoms with Gasteiger partial charge in [-0.25, -0.2) is 0 Å². The highest BCUT2D eigenvalue weighted by Crippen LogP contribution is 2.66. The van der Waals surface area contributed by atoms with Crippen LogP contribution in [0, 0.1) is 0 Å². The Morgan fingerprint density at radius 3 is 1.59 bits per heavy atom. The average Bonchev–Trinajstić information content (AvgIpc) is 2.72. The quantitative estimate of drug-likeness (QED) is 0.344. The van der Waals surface area contributed by atoms with Crippen LogP contribution in [-0.2, 0) is 4.79 Å². The molecule has 6 heteroatoms. The molecule has 0 bridgehead atoms. The lowest BCUT2D eigenvalue weighted by Gasteiger charge is -2.39. The minimum atomic E-state index is -0.741. The van der Waals surface area contributed by atoms with Crippen LogP contribution in [0.25, 0.3) is 0 Å². The zero-order valence-corrected chi connectivity index (χ0v) is 19.2. The number of rotatable bonds is 3. The van der Waals surface area contributed by atoms with Gasteiger partial charge >= 0.3 is 0 Å². The molecule has 3 atom stereocenters. The van der Waals surface area contributed by atoms with E-state index in [1.54, 1.807) is 0 Å². The van der Waals surface area contributed by atoms with Gasteiger partial charge < -0.3 is 0 Å². The summed E-state index contributed by atoms with van der Waals surface area (Å²) in [6.45, 7) is 0. The number of carbonyl (C=O) groups is 1. The maximum Gasteiger partial charge on any atom is 0.134 e. The lowest BCUT2D eigenvalue weighted by Crippen LogP contribution is -2.23. The van der Waals surface area contributed by atoms with Crippen molar-refractivity contribution in [1.29, 1.82) is 0 Å². The van der Waals surface area contributed by atoms with E-state index in [2.05, 4.69) is 12.1 Å². The van der Waals surface area contributed by atoms with Gasteiger partial charge in [-0.3, -0.25) is 4.79 Å². The number of benzene rings is 3. The molecule has 1 heterocycles. The van der Waals surface area contributed by atoms with E-state index in [4.69, 9.17) is 46.4 Å². The SMILES string of the molecule is O=C1C[C@H](c2ccc(Cl)c(Cl)c2)P(c2ccccc2)[C@H](c2ccc(Cl)c(Cl)c2)C1. The summed E-state index contributed by atoms with van der Waals surface area (Å²) in [5, 5.41) is 3.31. The van der Waals surface area contributed by atoms with E-state index < -0.39 is 7.92 Å². The van der Waals surface area contributed by atoms with Crippen LogP contribution in [0.4, 0.5) is 0 Å². The number of halogens is 4. The summed E-state index contributed by atoms with van der Waals surface area (Å²) in [4.78, 5) is 12.8. The second-order valence-corrected chi connectivity index (χ2v) is 11.3. The molecule has 148 valence electrons. The lowest BCUT2D eigenvalue weighted by molar-refractivity contribution is -0.119. The first-order valence-corrected chi connectivity index (χ1v) is 12.2. The van der Waals surface area contributed by atoms with Crippen LogP contribution >= 0.6 is 54.3 Å². The molecule has 1 aliphatic rings. The molecule has 1 fully saturated rings. The topological polar surface area (TPSA) is 17.1 Å². The van der Waals surface area contributed by atoms with E-state index in [9.17, 15) is 4.79 Å². The van der Waals surface area contributed by atoms with Crippen LogP contribution in [0.15, 0.2) is 66.7 Å². The minimum absolute atomic E-state index is 0.0582. The number of hydrogen-bond donors (Lipinski definition) is 0. The van der Waals surface area contributed by atoms with Gasteiger partial charge in [0, 0.05) is 24.2 Å². The van der Waals surface area contributed by atoms with E-state index in [1.807, 2.05) is 54.6 Å². The fourth-order valence-corrected chi connectivity index (χ4v) is 7.93. The summed E-state index contributed by atoms with van der Waals surface area (Å²) in [5.41, 5.74) is 2.21. The van der Waals surface area contributed by atoms with Crippen LogP contribution in [0.5, 0.6) is 0 Å². The predicted octanol–water partition coefficient (Wildman–Crippen LogP) is 8.25. The van der Waals surface area contributed by atoms with Gasteiger partial charge in [0.1, 0.15) is 5.78 Å². The predicted molar refractivity (Wildman–Crippen MR) is 126 cm³/mol. The van der Waals surface area contributed by atoms with E-state index in [1.165, 1.54) is 5.30 Å². The summed E-state index contributed by atoms with van der Waals surface area (Å²) in [6.07, 6.45) is 0.993. The molecule has 0 radical (unpaired) electrons. The van der Waals surface area contributed by atoms with Crippen molar-refractivity contribution in [2.24, 2.45) is 0 Å². The van der Waals surface area contributed by atoms with Crippen molar-refractivity contribution in [2.75, 3.05) is 0 Å². The maximum absolute atomic E-state index is 12.8. The summed E-state index contributed by atoms with van der Waals surface area (Å²) in [5.74, 6) is 0.242. The lowest BCUT2D eigenvalue weighted by atomic mass is 10.00. The van der Waals surface area contributed by atoms with E-state index >= 15 is 0 Å². The maximum atomic E-state index is 12.8. The zero-order valence-electron chi connectivity index (χ0n) is 15.3. The Morgan fingerprint density at radius 2 is 1.14 bits per heavy atom. The largest absolute Gasteiger partial charge is 0.300 e. The van der Waals surface area contributed by atoms with Crippen molar-refractivity contribution in [3.8, 4) is 0 Å². The van der Waals surface area contributed by atoms with Crippen LogP contribution in [-0.4, -0.2) is 5.78 Å². The van der Waals surface area contributed by atoms with Gasteiger partial charge in [-0.1, -0.05) is 96.8 Å². The molecule has 0 spiro atoms. The molecular weight excluding hydrogens is 465 g/mol. The van der Waals surface area contributed by atoms with Gasteiger partial charge in [0.05, 0.1) is 20.1 Å². The smallest absolute Gasteiger partial charge is 0.134 e. The van der Waals surface area contributed by atoms with Crippen molar-refractivity contribution in [2.45, 2.75) is 24.2 Å². The van der Waals surface area contributed by atoms with E-state index in [0.717, 1.165) is 11.1 Å². The molecule has 3 aromatic rings. The highest BCUT2D eigenvalue weighted by molar-refractivity contribution is 7.66. The molecule has 1 aliphatic heterocycles. The molecule has 0 N–H and O–H groups in total. The van der Waals surface area contributed by atoms with E-state index in [0.29, 0.717) is 32.9 Å². The summed E-state index contributed by atoms with van der Waals surface area (Å²) >= 11 is 24.9. The summed E-state index contributed by atoms with van der Waals surface area (Å²) in [6, 6.07) is 21.8. The van der Waals surface area contributed by atoms with Crippen LogP contribution in [0.3, 0.4) is 0 Å². The van der Waals surface area contributed by atoms with Crippen LogP contribution in [0.2, 0.25) is 20.1 Å². The molecule has 0 saturated carbocycles. The molecule has 1 unspecified atom stereocenters. The Balaban J connectivity index is 1.85. The minimum Gasteiger partial charge on any atom is -0.300 e. The average molecular weight is 482 g/mol. The third kappa shape index (κ3) is 4.50. The van der Waals surface area contributed by atoms with E-state index in [-0.39, 0.29) is 17.1 Å². The van der Waals surface area contributed by atoms with Crippen LogP contribution < -0.4 is 5.30 Å². The summed E-state index contributed by atoms with van der Waals surface area (Å²) < 4.78 is 0. The Bertz CT molecular complexity index is 990. The second-order valence-electron chi connectivity index (χ2n) is 7.07. The normalized spacial score (nSPS) is 21.9. The Morgan fingerprint density at radius 1 is 0.655 bits per heavy atom. The first-order chi connectivity index (χ1) is 13.9. The van der Waals surface area contributed by atoms with Crippen LogP contribution in [0.1, 0.15) is 35.3 Å². The molecule has 4 rings (SSSR count). The van der Waals surface area contributed by atoms with Crippen molar-refractivity contribution in [3.63, 3.8) is 0 Å². The molecule has 1 nitrogen and oxygen atoms in total. The number of hydrogen-bond acceptors (Lipinski definition) is 1. The highest BCUT2D eigenvalue weighted by atomic mass is 35.5. The van der Waals surface area contributed by atoms with Gasteiger partial charge in [-0.05, 0) is 40.7 Å². The number of Topliss-reactive ketones (excluding diaryl/α,β-unsaturated/α-hetero) is 1. The molecule has 29 heavy (non-hydrogen) atoms. The van der Waals surface area contributed by atoms with Gasteiger partial charge in [0.2, 0.25) is 0 Å². The first-order valence-electron chi connectivity index (χ1n) is 9.19. The van der Waals surface area contributed by atoms with Gasteiger partial charge in [0.25, 0.3) is 0 Å². The van der Waals surface area contributed by atoms with Crippen molar-refractivity contribution >= 4 is 65.4 Å². The number of carbonyl (C=O) groups excluding carboxylic acids is 1. The Kier molecular flexibility index (Phi) is 6.54. The summed E-state index contributed by atoms with van der Waals surface area (Å²) in [7, 11) is -0.741. The molecule has 1 saturated heterocycles. The third-order valence-corrected chi connectivity index (χ3v) is 9.90. The molecule has 0 aromatic heterocycles. The standard InChI is InChI=1S/C23H17Cl4OP/c24-18-8-6-14(10-20(18)26)22-12-16(28)13-23(15-7-9-19(25)21(27)11-15)29(22)17-4-2-1-3-5-17/h1-11,22-23H,12-13H2/t22-,23+,29?. The second kappa shape index (κ2) is 8.96. The molecular formula is C23H17Cl4OP. The van der Waals surface area contributed by atoms with Gasteiger partial charge in [-0.15, -0.1) is 0 Å². The van der Waals surface area contributed by atoms with Crippen molar-refractivity contribution in [1.82, 2.24) is 0 Å². The Labute approximate surface area is 191 Å². The van der Waals surface area contributed by atoms with Gasteiger partial charge in [-0.2, -0.15) is 0 Å². The fraction of sp³-hybridized carbons (Fsp3) is 0.174. The van der Waals surface area contributed by atoms with Crippen molar-refractivity contribution in [3.05, 3.63) is 97.9 Å². The molecule has 3 aromatic carbocycles. The fourth-order valence-electron chi connectivity index (χ4n) is 3.88. The Hall–Kier alpha value is -1.08. The highest BCUT2D eigenvalue weighted by Gasteiger charge is 2.39. The number of ketones is 1. The van der Waals surface area contributed by atoms with Crippen molar-refractivity contribution < 1.29 is 4.79 Å². The third-order valence-electron chi connectivity index (χ3n) is 5.22.